The number of hydrogen-bond acceptors (Lipinski definition) is 5. The molecule has 0 radical (unpaired) electrons. The number of benzene rings is 2. The second kappa shape index (κ2) is 11.4. The summed E-state index contributed by atoms with van der Waals surface area (Å²) in [5, 5.41) is 10.9. The van der Waals surface area contributed by atoms with Gasteiger partial charge in [0.1, 0.15) is 5.76 Å². The molecule has 1 aliphatic heterocycles. The van der Waals surface area contributed by atoms with Gasteiger partial charge in [-0.2, -0.15) is 0 Å². The highest BCUT2D eigenvalue weighted by Crippen LogP contribution is 2.41. The zero-order valence-corrected chi connectivity index (χ0v) is 22.3. The van der Waals surface area contributed by atoms with Crippen molar-refractivity contribution in [2.45, 2.75) is 77.7 Å². The Bertz CT molecular complexity index is 1320. The number of aliphatic hydroxyl groups is 1. The van der Waals surface area contributed by atoms with E-state index in [9.17, 15) is 14.7 Å². The molecular weight excluding hydrogens is 476 g/mol. The van der Waals surface area contributed by atoms with Gasteiger partial charge in [0.25, 0.3) is 5.91 Å². The molecule has 38 heavy (non-hydrogen) atoms. The molecule has 0 saturated heterocycles. The predicted molar refractivity (Wildman–Crippen MR) is 148 cm³/mol. The molecular formula is C32H36N2O4. The highest BCUT2D eigenvalue weighted by Gasteiger charge is 2.46. The van der Waals surface area contributed by atoms with Gasteiger partial charge in [0.15, 0.2) is 11.5 Å². The minimum atomic E-state index is -0.459. The van der Waals surface area contributed by atoms with E-state index >= 15 is 0 Å². The van der Waals surface area contributed by atoms with Gasteiger partial charge in [0.05, 0.1) is 17.3 Å². The molecule has 1 fully saturated rings. The second-order valence-corrected chi connectivity index (χ2v) is 10.6. The van der Waals surface area contributed by atoms with Gasteiger partial charge in [-0.15, -0.1) is 0 Å². The van der Waals surface area contributed by atoms with Gasteiger partial charge in [-0.05, 0) is 76.1 Å². The second-order valence-electron chi connectivity index (χ2n) is 10.6. The van der Waals surface area contributed by atoms with Crippen molar-refractivity contribution in [3.8, 4) is 11.5 Å². The van der Waals surface area contributed by atoms with E-state index in [1.54, 1.807) is 4.90 Å². The van der Waals surface area contributed by atoms with Gasteiger partial charge in [0.2, 0.25) is 5.89 Å². The van der Waals surface area contributed by atoms with Crippen molar-refractivity contribution in [1.82, 2.24) is 4.98 Å². The Balaban J connectivity index is 1.27. The number of unbranched alkanes of at least 4 members (excludes halogenated alkanes) is 1. The third kappa shape index (κ3) is 5.31. The van der Waals surface area contributed by atoms with E-state index in [0.29, 0.717) is 30.7 Å². The summed E-state index contributed by atoms with van der Waals surface area (Å²) in [6.45, 7) is 3.92. The van der Waals surface area contributed by atoms with Crippen molar-refractivity contribution in [3.63, 3.8) is 0 Å². The van der Waals surface area contributed by atoms with Gasteiger partial charge in [-0.3, -0.25) is 14.5 Å². The summed E-state index contributed by atoms with van der Waals surface area (Å²) in [5.41, 5.74) is 3.99. The number of aromatic nitrogens is 1. The molecule has 0 bridgehead atoms. The molecule has 2 aromatic carbocycles. The molecule has 2 heterocycles. The third-order valence-corrected chi connectivity index (χ3v) is 7.94. The van der Waals surface area contributed by atoms with Crippen molar-refractivity contribution < 1.29 is 19.1 Å². The van der Waals surface area contributed by atoms with E-state index in [0.717, 1.165) is 60.4 Å². The predicted octanol–water partition coefficient (Wildman–Crippen LogP) is 7.05. The quantitative estimate of drug-likeness (QED) is 0.311. The van der Waals surface area contributed by atoms with E-state index < -0.39 is 11.9 Å². The highest BCUT2D eigenvalue weighted by molar-refractivity contribution is 6.16. The van der Waals surface area contributed by atoms with Crippen molar-refractivity contribution in [2.24, 2.45) is 5.92 Å². The maximum Gasteiger partial charge on any atom is 0.294 e. The van der Waals surface area contributed by atoms with Crippen LogP contribution in [0, 0.1) is 19.8 Å². The first-order chi connectivity index (χ1) is 18.4. The fourth-order valence-corrected chi connectivity index (χ4v) is 5.88. The van der Waals surface area contributed by atoms with Crippen LogP contribution < -0.4 is 4.90 Å². The molecule has 3 aromatic rings. The van der Waals surface area contributed by atoms with Gasteiger partial charge in [-0.25, -0.2) is 4.98 Å². The van der Waals surface area contributed by atoms with E-state index in [-0.39, 0.29) is 17.5 Å². The molecule has 5 rings (SSSR count). The summed E-state index contributed by atoms with van der Waals surface area (Å²) in [6, 6.07) is 17.2. The normalized spacial score (nSPS) is 18.4. The summed E-state index contributed by atoms with van der Waals surface area (Å²) >= 11 is 0. The summed E-state index contributed by atoms with van der Waals surface area (Å²) in [7, 11) is 0. The first-order valence-electron chi connectivity index (χ1n) is 13.8. The van der Waals surface area contributed by atoms with Gasteiger partial charge in [-0.1, -0.05) is 55.2 Å². The minimum Gasteiger partial charge on any atom is -0.503 e. The lowest BCUT2D eigenvalue weighted by molar-refractivity contribution is -0.118. The molecule has 0 spiro atoms. The summed E-state index contributed by atoms with van der Waals surface area (Å²) in [4.78, 5) is 33.1. The van der Waals surface area contributed by atoms with Crippen LogP contribution in [0.3, 0.4) is 0 Å². The molecule has 1 amide bonds. The van der Waals surface area contributed by atoms with Crippen LogP contribution in [-0.2, 0) is 16.0 Å². The monoisotopic (exact) mass is 512 g/mol. The first-order valence-corrected chi connectivity index (χ1v) is 13.8. The van der Waals surface area contributed by atoms with Crippen LogP contribution in [0.4, 0.5) is 5.69 Å². The van der Waals surface area contributed by atoms with E-state index in [4.69, 9.17) is 4.42 Å². The molecule has 2 aliphatic rings. The van der Waals surface area contributed by atoms with Crippen LogP contribution in [0.1, 0.15) is 68.4 Å². The fraction of sp³-hybridized carbons (Fsp3) is 0.406. The largest absolute Gasteiger partial charge is 0.503 e. The lowest BCUT2D eigenvalue weighted by atomic mass is 9.79. The SMILES string of the molecule is Cc1ccc(N2C(=O)C(O)=C(C(=O)CCCCc3nc(-c4ccccc4)oc3C)C2C2CCCCC2)cc1. The fourth-order valence-electron chi connectivity index (χ4n) is 5.88. The van der Waals surface area contributed by atoms with Crippen molar-refractivity contribution in [1.29, 1.82) is 0 Å². The maximum absolute atomic E-state index is 13.5. The Kier molecular flexibility index (Phi) is 7.77. The topological polar surface area (TPSA) is 83.6 Å². The lowest BCUT2D eigenvalue weighted by Gasteiger charge is -2.35. The number of nitrogens with zero attached hydrogens (tertiary/aromatic N) is 2. The third-order valence-electron chi connectivity index (χ3n) is 7.94. The molecule has 1 unspecified atom stereocenters. The van der Waals surface area contributed by atoms with Crippen LogP contribution in [0.2, 0.25) is 0 Å². The molecule has 198 valence electrons. The van der Waals surface area contributed by atoms with Crippen molar-refractivity contribution >= 4 is 17.4 Å². The zero-order valence-electron chi connectivity index (χ0n) is 22.3. The van der Waals surface area contributed by atoms with Crippen LogP contribution in [0.15, 0.2) is 70.3 Å². The van der Waals surface area contributed by atoms with Gasteiger partial charge < -0.3 is 9.52 Å². The number of aliphatic hydroxyl groups excluding tert-OH is 1. The standard InChI is InChI=1S/C32H36N2O4/c1-21-17-19-25(20-18-21)34-29(23-11-5-3-6-12-23)28(30(36)32(34)37)27(35)16-10-9-15-26-22(2)38-31(33-26)24-13-7-4-8-14-24/h4,7-8,13-14,17-20,23,29,36H,3,5-6,9-12,15-16H2,1-2H3. The average Bonchev–Trinajstić information content (AvgIpc) is 3.44. The minimum absolute atomic E-state index is 0.122. The van der Waals surface area contributed by atoms with E-state index in [1.807, 2.05) is 68.4 Å². The number of ketones is 1. The summed E-state index contributed by atoms with van der Waals surface area (Å²) in [6.07, 6.45) is 7.68. The Morgan fingerprint density at radius 2 is 1.71 bits per heavy atom. The van der Waals surface area contributed by atoms with E-state index in [1.165, 1.54) is 6.42 Å². The zero-order chi connectivity index (χ0) is 26.6. The Labute approximate surface area is 224 Å². The summed E-state index contributed by atoms with van der Waals surface area (Å²) in [5.74, 6) is 0.628. The molecule has 1 aliphatic carbocycles. The molecule has 1 atom stereocenters. The molecule has 1 saturated carbocycles. The van der Waals surface area contributed by atoms with Crippen LogP contribution in [-0.4, -0.2) is 27.8 Å². The van der Waals surface area contributed by atoms with Crippen LogP contribution >= 0.6 is 0 Å². The van der Waals surface area contributed by atoms with Crippen LogP contribution in [0.25, 0.3) is 11.5 Å². The number of rotatable bonds is 9. The Morgan fingerprint density at radius 1 is 1.00 bits per heavy atom. The molecule has 6 nitrogen and oxygen atoms in total. The smallest absolute Gasteiger partial charge is 0.294 e. The molecule has 1 N–H and O–H groups in total. The van der Waals surface area contributed by atoms with E-state index in [2.05, 4.69) is 4.98 Å². The number of carbonyl (C=O) groups excluding carboxylic acids is 2. The highest BCUT2D eigenvalue weighted by atomic mass is 16.4. The number of anilines is 1. The van der Waals surface area contributed by atoms with Crippen molar-refractivity contribution in [2.75, 3.05) is 4.90 Å². The number of hydrogen-bond donors (Lipinski definition) is 1. The average molecular weight is 513 g/mol. The van der Waals surface area contributed by atoms with Gasteiger partial charge in [0, 0.05) is 17.7 Å². The number of amides is 1. The molecule has 6 heteroatoms. The number of oxazole rings is 1. The van der Waals surface area contributed by atoms with Crippen LogP contribution in [0.5, 0.6) is 0 Å². The number of Topliss-reactive ketones (excluding diaryl/α,β-unsaturated/α-hetero) is 1. The first kappa shape index (κ1) is 26.0. The Hall–Kier alpha value is -3.67. The lowest BCUT2D eigenvalue weighted by Crippen LogP contribution is -2.42. The Morgan fingerprint density at radius 3 is 2.42 bits per heavy atom. The number of aryl methyl sites for hydroxylation is 3. The van der Waals surface area contributed by atoms with Crippen molar-refractivity contribution in [3.05, 3.63) is 82.9 Å². The number of carbonyl (C=O) groups is 2. The molecule has 1 aromatic heterocycles. The van der Waals surface area contributed by atoms with Gasteiger partial charge >= 0.3 is 0 Å². The maximum atomic E-state index is 13.5. The summed E-state index contributed by atoms with van der Waals surface area (Å²) < 4.78 is 5.87.